The third-order valence-electron chi connectivity index (χ3n) is 3.58. The molecule has 1 atom stereocenters. The van der Waals surface area contributed by atoms with E-state index in [2.05, 4.69) is 24.1 Å². The van der Waals surface area contributed by atoms with E-state index in [1.807, 2.05) is 12.1 Å². The number of halogens is 1. The van der Waals surface area contributed by atoms with Gasteiger partial charge in [0.05, 0.1) is 0 Å². The fraction of sp³-hybridized carbons (Fsp3) is 0.625. The van der Waals surface area contributed by atoms with Crippen molar-refractivity contribution in [2.45, 2.75) is 39.3 Å². The van der Waals surface area contributed by atoms with Crippen LogP contribution in [0.2, 0.25) is 0 Å². The molecule has 1 unspecified atom stereocenters. The summed E-state index contributed by atoms with van der Waals surface area (Å²) in [6.07, 6.45) is 2.56. The molecule has 2 nitrogen and oxygen atoms in total. The minimum Gasteiger partial charge on any atom is -0.313 e. The molecule has 0 radical (unpaired) electrons. The zero-order valence-electron chi connectivity index (χ0n) is 12.0. The van der Waals surface area contributed by atoms with Gasteiger partial charge in [0, 0.05) is 25.7 Å². The summed E-state index contributed by atoms with van der Waals surface area (Å²) in [4.78, 5) is 2.49. The van der Waals surface area contributed by atoms with Gasteiger partial charge >= 0.3 is 0 Å². The highest BCUT2D eigenvalue weighted by atomic mass is 19.1. The van der Waals surface area contributed by atoms with E-state index in [-0.39, 0.29) is 5.82 Å². The maximum Gasteiger partial charge on any atom is 0.123 e. The van der Waals surface area contributed by atoms with Crippen LogP contribution in [0.3, 0.4) is 0 Å². The Hall–Kier alpha value is -0.930. The topological polar surface area (TPSA) is 15.3 Å². The average Bonchev–Trinajstić information content (AvgIpc) is 2.84. The number of benzene rings is 1. The van der Waals surface area contributed by atoms with Crippen LogP contribution in [0.4, 0.5) is 4.39 Å². The molecular formula is C16H25FN2. The second kappa shape index (κ2) is 7.01. The first-order valence-corrected chi connectivity index (χ1v) is 7.33. The van der Waals surface area contributed by atoms with Crippen LogP contribution < -0.4 is 5.32 Å². The van der Waals surface area contributed by atoms with E-state index in [1.165, 1.54) is 18.4 Å². The van der Waals surface area contributed by atoms with Gasteiger partial charge in [-0.25, -0.2) is 4.39 Å². The Morgan fingerprint density at radius 2 is 2.05 bits per heavy atom. The minimum absolute atomic E-state index is 0.156. The maximum atomic E-state index is 12.9. The molecule has 2 rings (SSSR count). The van der Waals surface area contributed by atoms with Gasteiger partial charge in [0.1, 0.15) is 5.82 Å². The Morgan fingerprint density at radius 1 is 1.32 bits per heavy atom. The molecule has 19 heavy (non-hydrogen) atoms. The number of hydrogen-bond acceptors (Lipinski definition) is 2. The molecule has 1 fully saturated rings. The highest BCUT2D eigenvalue weighted by molar-refractivity contribution is 5.15. The normalized spacial score (nSPS) is 19.5. The molecular weight excluding hydrogens is 239 g/mol. The predicted octanol–water partition coefficient (Wildman–Crippen LogP) is 3.04. The van der Waals surface area contributed by atoms with Crippen molar-refractivity contribution in [3.63, 3.8) is 0 Å². The van der Waals surface area contributed by atoms with Gasteiger partial charge in [-0.1, -0.05) is 26.0 Å². The summed E-state index contributed by atoms with van der Waals surface area (Å²) in [5.41, 5.74) is 1.19. The smallest absolute Gasteiger partial charge is 0.123 e. The predicted molar refractivity (Wildman–Crippen MR) is 77.5 cm³/mol. The molecule has 1 aromatic carbocycles. The van der Waals surface area contributed by atoms with Gasteiger partial charge < -0.3 is 5.32 Å². The van der Waals surface area contributed by atoms with E-state index in [4.69, 9.17) is 0 Å². The summed E-state index contributed by atoms with van der Waals surface area (Å²) >= 11 is 0. The lowest BCUT2D eigenvalue weighted by Crippen LogP contribution is -2.38. The van der Waals surface area contributed by atoms with Crippen LogP contribution in [-0.2, 0) is 6.54 Å². The van der Waals surface area contributed by atoms with Gasteiger partial charge in [0.25, 0.3) is 0 Å². The molecule has 0 aliphatic carbocycles. The van der Waals surface area contributed by atoms with Crippen LogP contribution in [0.1, 0.15) is 32.3 Å². The Balaban J connectivity index is 1.93. The lowest BCUT2D eigenvalue weighted by molar-refractivity contribution is 0.216. The van der Waals surface area contributed by atoms with Crippen molar-refractivity contribution >= 4 is 0 Å². The Bertz CT molecular complexity index is 369. The second-order valence-electron chi connectivity index (χ2n) is 6.01. The summed E-state index contributed by atoms with van der Waals surface area (Å²) in [6.45, 7) is 8.75. The van der Waals surface area contributed by atoms with E-state index in [1.54, 1.807) is 12.1 Å². The van der Waals surface area contributed by atoms with E-state index >= 15 is 0 Å². The maximum absolute atomic E-state index is 12.9. The summed E-state index contributed by atoms with van der Waals surface area (Å²) < 4.78 is 12.9. The fourth-order valence-corrected chi connectivity index (χ4v) is 2.79. The molecule has 0 aromatic heterocycles. The third kappa shape index (κ3) is 4.92. The highest BCUT2D eigenvalue weighted by Crippen LogP contribution is 2.13. The van der Waals surface area contributed by atoms with Crippen LogP contribution in [0, 0.1) is 11.7 Å². The Labute approximate surface area is 116 Å². The first-order chi connectivity index (χ1) is 9.13. The second-order valence-corrected chi connectivity index (χ2v) is 6.01. The van der Waals surface area contributed by atoms with Crippen molar-refractivity contribution in [1.29, 1.82) is 0 Å². The average molecular weight is 264 g/mol. The summed E-state index contributed by atoms with van der Waals surface area (Å²) in [5.74, 6) is 0.499. The third-order valence-corrected chi connectivity index (χ3v) is 3.58. The molecule has 1 N–H and O–H groups in total. The van der Waals surface area contributed by atoms with Crippen LogP contribution in [-0.4, -0.2) is 30.6 Å². The van der Waals surface area contributed by atoms with E-state index < -0.39 is 0 Å². The zero-order valence-corrected chi connectivity index (χ0v) is 12.0. The zero-order chi connectivity index (χ0) is 13.7. The standard InChI is InChI=1S/C16H25FN2/c1-13(2)10-19(12-16-4-3-9-18-16)11-14-5-7-15(17)8-6-14/h5-8,13,16,18H,3-4,9-12H2,1-2H3. The molecule has 106 valence electrons. The van der Waals surface area contributed by atoms with Crippen molar-refractivity contribution in [3.8, 4) is 0 Å². The van der Waals surface area contributed by atoms with Crippen LogP contribution >= 0.6 is 0 Å². The van der Waals surface area contributed by atoms with Crippen LogP contribution in [0.25, 0.3) is 0 Å². The molecule has 0 bridgehead atoms. The lowest BCUT2D eigenvalue weighted by Gasteiger charge is -2.27. The van der Waals surface area contributed by atoms with E-state index in [9.17, 15) is 4.39 Å². The summed E-state index contributed by atoms with van der Waals surface area (Å²) in [5, 5.41) is 3.55. The van der Waals surface area contributed by atoms with Gasteiger partial charge in [0.2, 0.25) is 0 Å². The number of rotatable bonds is 6. The van der Waals surface area contributed by atoms with Crippen LogP contribution in [0.15, 0.2) is 24.3 Å². The summed E-state index contributed by atoms with van der Waals surface area (Å²) in [7, 11) is 0. The lowest BCUT2D eigenvalue weighted by atomic mass is 10.1. The quantitative estimate of drug-likeness (QED) is 0.849. The molecule has 1 aromatic rings. The minimum atomic E-state index is -0.156. The monoisotopic (exact) mass is 264 g/mol. The molecule has 1 saturated heterocycles. The van der Waals surface area contributed by atoms with Crippen LogP contribution in [0.5, 0.6) is 0 Å². The number of nitrogens with one attached hydrogen (secondary N) is 1. The van der Waals surface area contributed by atoms with Crippen molar-refractivity contribution in [2.24, 2.45) is 5.92 Å². The van der Waals surface area contributed by atoms with E-state index in [0.29, 0.717) is 12.0 Å². The number of nitrogens with zero attached hydrogens (tertiary/aromatic N) is 1. The number of hydrogen-bond donors (Lipinski definition) is 1. The summed E-state index contributed by atoms with van der Waals surface area (Å²) in [6, 6.07) is 7.52. The fourth-order valence-electron chi connectivity index (χ4n) is 2.79. The van der Waals surface area contributed by atoms with Gasteiger partial charge in [-0.05, 0) is 43.0 Å². The molecule has 3 heteroatoms. The van der Waals surface area contributed by atoms with Crippen molar-refractivity contribution in [2.75, 3.05) is 19.6 Å². The molecule has 1 heterocycles. The Morgan fingerprint density at radius 3 is 2.63 bits per heavy atom. The van der Waals surface area contributed by atoms with Gasteiger partial charge in [-0.2, -0.15) is 0 Å². The van der Waals surface area contributed by atoms with Gasteiger partial charge in [-0.15, -0.1) is 0 Å². The molecule has 1 aliphatic rings. The highest BCUT2D eigenvalue weighted by Gasteiger charge is 2.18. The van der Waals surface area contributed by atoms with E-state index in [0.717, 1.165) is 26.2 Å². The Kier molecular flexibility index (Phi) is 5.34. The molecule has 0 amide bonds. The molecule has 1 aliphatic heterocycles. The van der Waals surface area contributed by atoms with Crippen molar-refractivity contribution in [3.05, 3.63) is 35.6 Å². The molecule has 0 saturated carbocycles. The van der Waals surface area contributed by atoms with Gasteiger partial charge in [0.15, 0.2) is 0 Å². The van der Waals surface area contributed by atoms with Crippen molar-refractivity contribution < 1.29 is 4.39 Å². The SMILES string of the molecule is CC(C)CN(Cc1ccc(F)cc1)CC1CCCN1. The van der Waals surface area contributed by atoms with Crippen molar-refractivity contribution in [1.82, 2.24) is 10.2 Å². The first kappa shape index (κ1) is 14.5. The van der Waals surface area contributed by atoms with Gasteiger partial charge in [-0.3, -0.25) is 4.90 Å². The first-order valence-electron chi connectivity index (χ1n) is 7.33. The molecule has 0 spiro atoms. The largest absolute Gasteiger partial charge is 0.313 e.